The van der Waals surface area contributed by atoms with Crippen molar-refractivity contribution in [1.29, 1.82) is 0 Å². The molecule has 2 aliphatic heterocycles. The molecule has 3 heterocycles. The van der Waals surface area contributed by atoms with Crippen LogP contribution in [0, 0.1) is 5.41 Å². The second kappa shape index (κ2) is 7.66. The van der Waals surface area contributed by atoms with Gasteiger partial charge in [-0.05, 0) is 38.8 Å². The fourth-order valence-electron chi connectivity index (χ4n) is 4.09. The molecule has 4 rings (SSSR count). The Hall–Kier alpha value is -1.44. The number of aliphatic hydroxyl groups excluding tert-OH is 1. The molecule has 1 aromatic rings. The summed E-state index contributed by atoms with van der Waals surface area (Å²) in [6.45, 7) is 8.48. The molecule has 2 saturated heterocycles. The van der Waals surface area contributed by atoms with Crippen molar-refractivity contribution in [3.63, 3.8) is 0 Å². The van der Waals surface area contributed by atoms with Gasteiger partial charge in [0.2, 0.25) is 5.95 Å². The van der Waals surface area contributed by atoms with Gasteiger partial charge in [0.25, 0.3) is 0 Å². The van der Waals surface area contributed by atoms with Gasteiger partial charge in [-0.3, -0.25) is 0 Å². The molecular weight excluding hydrogens is 328 g/mol. The van der Waals surface area contributed by atoms with Gasteiger partial charge in [-0.1, -0.05) is 0 Å². The first-order chi connectivity index (χ1) is 12.6. The molecular formula is C19H32N6O. The Kier molecular flexibility index (Phi) is 5.29. The molecule has 2 N–H and O–H groups in total. The minimum atomic E-state index is -0.242. The normalized spacial score (nSPS) is 26.7. The third kappa shape index (κ3) is 4.45. The Morgan fingerprint density at radius 3 is 2.77 bits per heavy atom. The molecule has 0 bridgehead atoms. The summed E-state index contributed by atoms with van der Waals surface area (Å²) in [4.78, 5) is 16.3. The Bertz CT molecular complexity index is 599. The number of β-amino-alcohol motifs (C(OH)–C–C–N with tert-alkyl or cyclic N) is 1. The fourth-order valence-corrected chi connectivity index (χ4v) is 4.09. The number of piperazine rings is 1. The van der Waals surface area contributed by atoms with Crippen LogP contribution in [0.2, 0.25) is 0 Å². The van der Waals surface area contributed by atoms with E-state index in [4.69, 9.17) is 4.98 Å². The number of hydrogen-bond donors (Lipinski definition) is 2. The zero-order valence-corrected chi connectivity index (χ0v) is 15.9. The van der Waals surface area contributed by atoms with Crippen molar-refractivity contribution in [2.75, 3.05) is 69.6 Å². The van der Waals surface area contributed by atoms with E-state index < -0.39 is 0 Å². The number of likely N-dealkylation sites (N-methyl/N-ethyl adjacent to an activating group) is 1. The summed E-state index contributed by atoms with van der Waals surface area (Å²) < 4.78 is 0. The number of aliphatic hydroxyl groups is 1. The summed E-state index contributed by atoms with van der Waals surface area (Å²) in [7, 11) is 2.21. The summed E-state index contributed by atoms with van der Waals surface area (Å²) in [5.74, 6) is 1.64. The van der Waals surface area contributed by atoms with E-state index in [0.29, 0.717) is 17.9 Å². The molecule has 1 aromatic heterocycles. The summed E-state index contributed by atoms with van der Waals surface area (Å²) in [6.07, 6.45) is 6.08. The van der Waals surface area contributed by atoms with Crippen molar-refractivity contribution in [3.8, 4) is 0 Å². The van der Waals surface area contributed by atoms with Gasteiger partial charge in [-0.2, -0.15) is 4.98 Å². The van der Waals surface area contributed by atoms with Gasteiger partial charge < -0.3 is 25.1 Å². The molecule has 0 amide bonds. The molecule has 1 saturated carbocycles. The first-order valence-electron chi connectivity index (χ1n) is 10.0. The SMILES string of the molecule is CN1CCN(CC2(CNc3nccc(N4CCC[C@@H](O)C4)n3)CC2)CC1. The molecule has 0 radical (unpaired) electrons. The van der Waals surface area contributed by atoms with E-state index in [1.165, 1.54) is 45.6 Å². The standard InChI is InChI=1S/C19H32N6O/c1-23-9-11-24(12-10-23)15-19(5-6-19)14-21-18-20-7-4-17(22-18)25-8-2-3-16(26)13-25/h4,7,16,26H,2-3,5-6,8-15H2,1H3,(H,20,21,22)/t16-/m1/s1. The predicted octanol–water partition coefficient (Wildman–Crippen LogP) is 0.877. The molecule has 1 aliphatic carbocycles. The van der Waals surface area contributed by atoms with E-state index in [1.807, 2.05) is 12.3 Å². The van der Waals surface area contributed by atoms with Crippen LogP contribution in [0.5, 0.6) is 0 Å². The molecule has 26 heavy (non-hydrogen) atoms. The minimum Gasteiger partial charge on any atom is -0.391 e. The lowest BCUT2D eigenvalue weighted by Crippen LogP contribution is -2.47. The molecule has 0 spiro atoms. The van der Waals surface area contributed by atoms with Crippen LogP contribution in [0.1, 0.15) is 25.7 Å². The molecule has 1 atom stereocenters. The zero-order chi connectivity index (χ0) is 18.0. The Balaban J connectivity index is 1.31. The smallest absolute Gasteiger partial charge is 0.224 e. The highest BCUT2D eigenvalue weighted by Gasteiger charge is 2.44. The summed E-state index contributed by atoms with van der Waals surface area (Å²) in [6, 6.07) is 1.94. The minimum absolute atomic E-state index is 0.242. The number of anilines is 2. The van der Waals surface area contributed by atoms with Gasteiger partial charge in [0.1, 0.15) is 5.82 Å². The fraction of sp³-hybridized carbons (Fsp3) is 0.789. The van der Waals surface area contributed by atoms with Crippen molar-refractivity contribution < 1.29 is 5.11 Å². The molecule has 7 nitrogen and oxygen atoms in total. The van der Waals surface area contributed by atoms with Crippen LogP contribution in [-0.2, 0) is 0 Å². The van der Waals surface area contributed by atoms with Crippen molar-refractivity contribution in [3.05, 3.63) is 12.3 Å². The average Bonchev–Trinajstić information content (AvgIpc) is 3.42. The number of hydrogen-bond acceptors (Lipinski definition) is 7. The van der Waals surface area contributed by atoms with Gasteiger partial charge in [0.05, 0.1) is 6.10 Å². The Labute approximate surface area is 156 Å². The highest BCUT2D eigenvalue weighted by atomic mass is 16.3. The molecule has 144 valence electrons. The van der Waals surface area contributed by atoms with Crippen molar-refractivity contribution in [2.24, 2.45) is 5.41 Å². The largest absolute Gasteiger partial charge is 0.391 e. The van der Waals surface area contributed by atoms with Gasteiger partial charge in [-0.15, -0.1) is 0 Å². The van der Waals surface area contributed by atoms with Crippen molar-refractivity contribution >= 4 is 11.8 Å². The maximum absolute atomic E-state index is 9.89. The van der Waals surface area contributed by atoms with Gasteiger partial charge in [0.15, 0.2) is 0 Å². The highest BCUT2D eigenvalue weighted by Crippen LogP contribution is 2.46. The molecule has 0 aromatic carbocycles. The van der Waals surface area contributed by atoms with E-state index in [2.05, 4.69) is 32.0 Å². The lowest BCUT2D eigenvalue weighted by Gasteiger charge is -2.35. The third-order valence-corrected chi connectivity index (χ3v) is 6.09. The van der Waals surface area contributed by atoms with Crippen LogP contribution in [0.25, 0.3) is 0 Å². The molecule has 7 heteroatoms. The number of piperidine rings is 1. The first kappa shape index (κ1) is 17.9. The topological polar surface area (TPSA) is 67.8 Å². The second-order valence-corrected chi connectivity index (χ2v) is 8.41. The highest BCUT2D eigenvalue weighted by molar-refractivity contribution is 5.43. The summed E-state index contributed by atoms with van der Waals surface area (Å²) >= 11 is 0. The zero-order valence-electron chi connectivity index (χ0n) is 15.9. The van der Waals surface area contributed by atoms with Gasteiger partial charge >= 0.3 is 0 Å². The van der Waals surface area contributed by atoms with E-state index in [1.54, 1.807) is 0 Å². The van der Waals surface area contributed by atoms with Crippen molar-refractivity contribution in [2.45, 2.75) is 31.8 Å². The summed E-state index contributed by atoms with van der Waals surface area (Å²) in [5.41, 5.74) is 0.399. The number of rotatable bonds is 6. The lowest BCUT2D eigenvalue weighted by molar-refractivity contribution is 0.133. The van der Waals surface area contributed by atoms with Crippen LogP contribution in [0.15, 0.2) is 12.3 Å². The van der Waals surface area contributed by atoms with E-state index in [0.717, 1.165) is 31.7 Å². The van der Waals surface area contributed by atoms with Crippen LogP contribution in [0.4, 0.5) is 11.8 Å². The molecule has 0 unspecified atom stereocenters. The maximum Gasteiger partial charge on any atom is 0.224 e. The van der Waals surface area contributed by atoms with E-state index in [-0.39, 0.29) is 6.10 Å². The average molecular weight is 361 g/mol. The lowest BCUT2D eigenvalue weighted by atomic mass is 10.1. The van der Waals surface area contributed by atoms with Gasteiger partial charge in [0, 0.05) is 64.0 Å². The quantitative estimate of drug-likeness (QED) is 0.780. The van der Waals surface area contributed by atoms with Crippen LogP contribution in [-0.4, -0.2) is 90.4 Å². The number of nitrogens with zero attached hydrogens (tertiary/aromatic N) is 5. The predicted molar refractivity (Wildman–Crippen MR) is 104 cm³/mol. The van der Waals surface area contributed by atoms with E-state index >= 15 is 0 Å². The van der Waals surface area contributed by atoms with Crippen LogP contribution in [0.3, 0.4) is 0 Å². The number of aromatic nitrogens is 2. The molecule has 3 aliphatic rings. The van der Waals surface area contributed by atoms with E-state index in [9.17, 15) is 5.11 Å². The Morgan fingerprint density at radius 1 is 1.23 bits per heavy atom. The maximum atomic E-state index is 9.89. The first-order valence-corrected chi connectivity index (χ1v) is 10.0. The van der Waals surface area contributed by atoms with Crippen molar-refractivity contribution in [1.82, 2.24) is 19.8 Å². The third-order valence-electron chi connectivity index (χ3n) is 6.09. The van der Waals surface area contributed by atoms with Crippen LogP contribution >= 0.6 is 0 Å². The second-order valence-electron chi connectivity index (χ2n) is 8.41. The molecule has 3 fully saturated rings. The Morgan fingerprint density at radius 2 is 2.04 bits per heavy atom. The monoisotopic (exact) mass is 360 g/mol. The van der Waals surface area contributed by atoms with Gasteiger partial charge in [-0.25, -0.2) is 4.98 Å². The number of nitrogens with one attached hydrogen (secondary N) is 1. The van der Waals surface area contributed by atoms with Crippen LogP contribution < -0.4 is 10.2 Å². The summed E-state index contributed by atoms with van der Waals surface area (Å²) in [5, 5.41) is 13.4.